The van der Waals surface area contributed by atoms with Crippen LogP contribution in [-0.2, 0) is 12.7 Å². The average Bonchev–Trinajstić information content (AvgIpc) is 2.95. The van der Waals surface area contributed by atoms with Crippen molar-refractivity contribution in [3.05, 3.63) is 35.9 Å². The van der Waals surface area contributed by atoms with Gasteiger partial charge in [-0.1, -0.05) is 6.92 Å². The first-order chi connectivity index (χ1) is 9.99. The Kier molecular flexibility index (Phi) is 4.66. The lowest BCUT2D eigenvalue weighted by Gasteiger charge is -2.12. The predicted octanol–water partition coefficient (Wildman–Crippen LogP) is 3.52. The molecule has 0 bridgehead atoms. The molecule has 0 saturated carbocycles. The van der Waals surface area contributed by atoms with Crippen molar-refractivity contribution in [2.75, 3.05) is 17.2 Å². The number of alkyl halides is 3. The van der Waals surface area contributed by atoms with E-state index in [0.29, 0.717) is 12.3 Å². The van der Waals surface area contributed by atoms with Gasteiger partial charge in [-0.3, -0.25) is 0 Å². The second-order valence-corrected chi connectivity index (χ2v) is 4.32. The van der Waals surface area contributed by atoms with E-state index in [1.54, 1.807) is 12.1 Å². The van der Waals surface area contributed by atoms with Crippen LogP contribution in [0.4, 0.5) is 24.9 Å². The van der Waals surface area contributed by atoms with Crippen LogP contribution in [0.15, 0.2) is 28.9 Å². The molecule has 2 aromatic heterocycles. The van der Waals surface area contributed by atoms with E-state index >= 15 is 0 Å². The lowest BCUT2D eigenvalue weighted by Crippen LogP contribution is -2.14. The van der Waals surface area contributed by atoms with Crippen LogP contribution >= 0.6 is 0 Å². The fourth-order valence-corrected chi connectivity index (χ4v) is 1.59. The Morgan fingerprint density at radius 1 is 1.24 bits per heavy atom. The Balaban J connectivity index is 2.17. The SMILES string of the molecule is CCCNc1nc(NCc2ccco2)cc(C(F)(F)F)n1. The van der Waals surface area contributed by atoms with E-state index in [0.717, 1.165) is 12.5 Å². The summed E-state index contributed by atoms with van der Waals surface area (Å²) in [6.45, 7) is 2.64. The molecule has 0 radical (unpaired) electrons. The van der Waals surface area contributed by atoms with Crippen LogP contribution in [-0.4, -0.2) is 16.5 Å². The second kappa shape index (κ2) is 6.47. The molecule has 8 heteroatoms. The van der Waals surface area contributed by atoms with Gasteiger partial charge in [-0.15, -0.1) is 0 Å². The molecule has 0 aliphatic rings. The van der Waals surface area contributed by atoms with Crippen molar-refractivity contribution in [1.82, 2.24) is 9.97 Å². The molecule has 114 valence electrons. The minimum Gasteiger partial charge on any atom is -0.467 e. The van der Waals surface area contributed by atoms with Gasteiger partial charge in [0.2, 0.25) is 5.95 Å². The number of hydrogen-bond donors (Lipinski definition) is 2. The van der Waals surface area contributed by atoms with E-state index in [4.69, 9.17) is 4.42 Å². The summed E-state index contributed by atoms with van der Waals surface area (Å²) in [7, 11) is 0. The van der Waals surface area contributed by atoms with Crippen LogP contribution in [0.1, 0.15) is 24.8 Å². The van der Waals surface area contributed by atoms with Gasteiger partial charge in [0.1, 0.15) is 11.6 Å². The molecule has 0 unspecified atom stereocenters. The predicted molar refractivity (Wildman–Crippen MR) is 71.8 cm³/mol. The smallest absolute Gasteiger partial charge is 0.433 e. The maximum absolute atomic E-state index is 12.8. The molecule has 2 aromatic rings. The number of anilines is 2. The highest BCUT2D eigenvalue weighted by Crippen LogP contribution is 2.29. The number of halogens is 3. The third-order valence-electron chi connectivity index (χ3n) is 2.57. The summed E-state index contributed by atoms with van der Waals surface area (Å²) in [4.78, 5) is 7.49. The van der Waals surface area contributed by atoms with Crippen LogP contribution in [0, 0.1) is 0 Å². The van der Waals surface area contributed by atoms with Crippen molar-refractivity contribution in [1.29, 1.82) is 0 Å². The maximum Gasteiger partial charge on any atom is 0.433 e. The van der Waals surface area contributed by atoms with Gasteiger partial charge in [0.25, 0.3) is 0 Å². The molecule has 21 heavy (non-hydrogen) atoms. The van der Waals surface area contributed by atoms with Crippen molar-refractivity contribution < 1.29 is 17.6 Å². The number of rotatable bonds is 6. The Labute approximate surface area is 119 Å². The first-order valence-corrected chi connectivity index (χ1v) is 6.45. The lowest BCUT2D eigenvalue weighted by atomic mass is 10.3. The minimum absolute atomic E-state index is 0.0476. The van der Waals surface area contributed by atoms with Gasteiger partial charge in [0, 0.05) is 12.6 Å². The summed E-state index contributed by atoms with van der Waals surface area (Å²) >= 11 is 0. The Morgan fingerprint density at radius 2 is 2.05 bits per heavy atom. The molecule has 0 fully saturated rings. The van der Waals surface area contributed by atoms with Crippen LogP contribution in [0.25, 0.3) is 0 Å². The normalized spacial score (nSPS) is 11.4. The summed E-state index contributed by atoms with van der Waals surface area (Å²) < 4.78 is 43.6. The van der Waals surface area contributed by atoms with E-state index in [-0.39, 0.29) is 18.3 Å². The third kappa shape index (κ3) is 4.37. The van der Waals surface area contributed by atoms with Gasteiger partial charge in [-0.2, -0.15) is 18.2 Å². The summed E-state index contributed by atoms with van der Waals surface area (Å²) in [6.07, 6.45) is -2.27. The molecule has 2 N–H and O–H groups in total. The molecule has 5 nitrogen and oxygen atoms in total. The highest BCUT2D eigenvalue weighted by atomic mass is 19.4. The summed E-state index contributed by atoms with van der Waals surface area (Å²) in [5, 5.41) is 5.55. The van der Waals surface area contributed by atoms with Crippen LogP contribution in [0.2, 0.25) is 0 Å². The molecule has 0 aliphatic heterocycles. The zero-order valence-electron chi connectivity index (χ0n) is 11.4. The third-order valence-corrected chi connectivity index (χ3v) is 2.57. The van der Waals surface area contributed by atoms with Gasteiger partial charge in [0.15, 0.2) is 5.69 Å². The summed E-state index contributed by atoms with van der Waals surface area (Å²) in [5.41, 5.74) is -0.988. The van der Waals surface area contributed by atoms with E-state index in [1.807, 2.05) is 6.92 Å². The Hall–Kier alpha value is -2.25. The lowest BCUT2D eigenvalue weighted by molar-refractivity contribution is -0.141. The van der Waals surface area contributed by atoms with Gasteiger partial charge in [0.05, 0.1) is 12.8 Å². The molecule has 0 amide bonds. The average molecular weight is 300 g/mol. The van der Waals surface area contributed by atoms with Crippen molar-refractivity contribution in [3.63, 3.8) is 0 Å². The van der Waals surface area contributed by atoms with Crippen molar-refractivity contribution >= 4 is 11.8 Å². The monoisotopic (exact) mass is 300 g/mol. The van der Waals surface area contributed by atoms with Crippen molar-refractivity contribution in [2.24, 2.45) is 0 Å². The molecule has 2 rings (SSSR count). The standard InChI is InChI=1S/C13H15F3N4O/c1-2-5-17-12-19-10(13(14,15)16)7-11(20-12)18-8-9-4-3-6-21-9/h3-4,6-7H,2,5,8H2,1H3,(H2,17,18,19,20). The fourth-order valence-electron chi connectivity index (χ4n) is 1.59. The molecule has 0 aliphatic carbocycles. The fraction of sp³-hybridized carbons (Fsp3) is 0.385. The quantitative estimate of drug-likeness (QED) is 0.854. The number of hydrogen-bond acceptors (Lipinski definition) is 5. The second-order valence-electron chi connectivity index (χ2n) is 4.32. The topological polar surface area (TPSA) is 63.0 Å². The minimum atomic E-state index is -4.52. The zero-order chi connectivity index (χ0) is 15.3. The van der Waals surface area contributed by atoms with E-state index < -0.39 is 11.9 Å². The molecular formula is C13H15F3N4O. The molecular weight excluding hydrogens is 285 g/mol. The van der Waals surface area contributed by atoms with Gasteiger partial charge in [-0.25, -0.2) is 4.98 Å². The number of aromatic nitrogens is 2. The van der Waals surface area contributed by atoms with E-state index in [2.05, 4.69) is 20.6 Å². The van der Waals surface area contributed by atoms with Crippen molar-refractivity contribution in [3.8, 4) is 0 Å². The largest absolute Gasteiger partial charge is 0.467 e. The molecule has 2 heterocycles. The first-order valence-electron chi connectivity index (χ1n) is 6.45. The Morgan fingerprint density at radius 3 is 2.67 bits per heavy atom. The highest BCUT2D eigenvalue weighted by molar-refractivity contribution is 5.43. The molecule has 0 aromatic carbocycles. The first kappa shape index (κ1) is 15.1. The van der Waals surface area contributed by atoms with Gasteiger partial charge in [-0.05, 0) is 18.6 Å². The Bertz CT molecular complexity index is 569. The number of furan rings is 1. The number of nitrogens with one attached hydrogen (secondary N) is 2. The maximum atomic E-state index is 12.8. The summed E-state index contributed by atoms with van der Waals surface area (Å²) in [6, 6.07) is 4.29. The molecule has 0 spiro atoms. The van der Waals surface area contributed by atoms with Gasteiger partial charge < -0.3 is 15.1 Å². The van der Waals surface area contributed by atoms with Crippen LogP contribution < -0.4 is 10.6 Å². The summed E-state index contributed by atoms with van der Waals surface area (Å²) in [5.74, 6) is 0.645. The van der Waals surface area contributed by atoms with Crippen LogP contribution in [0.5, 0.6) is 0 Å². The van der Waals surface area contributed by atoms with E-state index in [9.17, 15) is 13.2 Å². The molecule has 0 saturated heterocycles. The highest BCUT2D eigenvalue weighted by Gasteiger charge is 2.33. The van der Waals surface area contributed by atoms with Crippen molar-refractivity contribution in [2.45, 2.75) is 26.1 Å². The zero-order valence-corrected chi connectivity index (χ0v) is 11.4. The molecule has 0 atom stereocenters. The van der Waals surface area contributed by atoms with E-state index in [1.165, 1.54) is 6.26 Å². The van der Waals surface area contributed by atoms with Gasteiger partial charge >= 0.3 is 6.18 Å². The number of nitrogens with zero attached hydrogens (tertiary/aromatic N) is 2. The van der Waals surface area contributed by atoms with Crippen LogP contribution in [0.3, 0.4) is 0 Å².